The third-order valence-corrected chi connectivity index (χ3v) is 4.38. The smallest absolute Gasteiger partial charge is 0.169 e. The monoisotopic (exact) mass is 270 g/mol. The molecule has 1 unspecified atom stereocenters. The van der Waals surface area contributed by atoms with Gasteiger partial charge in [0.15, 0.2) is 11.6 Å². The second-order valence-corrected chi connectivity index (χ2v) is 6.70. The van der Waals surface area contributed by atoms with E-state index in [-0.39, 0.29) is 0 Å². The zero-order chi connectivity index (χ0) is 14.2. The average Bonchev–Trinajstić information content (AvgIpc) is 2.85. The highest BCUT2D eigenvalue weighted by Gasteiger charge is 2.28. The first-order valence-electron chi connectivity index (χ1n) is 7.36. The first kappa shape index (κ1) is 13.2. The van der Waals surface area contributed by atoms with Crippen LogP contribution in [-0.2, 0) is 0 Å². The van der Waals surface area contributed by atoms with Crippen molar-refractivity contribution >= 4 is 5.82 Å². The summed E-state index contributed by atoms with van der Waals surface area (Å²) in [5, 5.41) is 3.76. The molecular formula is C17H22N2O. The van der Waals surface area contributed by atoms with Gasteiger partial charge in [0.25, 0.3) is 0 Å². The van der Waals surface area contributed by atoms with Crippen LogP contribution in [0.1, 0.15) is 51.0 Å². The first-order valence-corrected chi connectivity index (χ1v) is 7.36. The summed E-state index contributed by atoms with van der Waals surface area (Å²) >= 11 is 0. The summed E-state index contributed by atoms with van der Waals surface area (Å²) < 4.78 is 5.26. The summed E-state index contributed by atoms with van der Waals surface area (Å²) in [7, 11) is 0. The zero-order valence-corrected chi connectivity index (χ0v) is 12.2. The third-order valence-electron chi connectivity index (χ3n) is 4.38. The Morgan fingerprint density at radius 3 is 2.85 bits per heavy atom. The number of nitrogen functional groups attached to an aromatic ring is 1. The fraction of sp³-hybridized carbons (Fsp3) is 0.471. The standard InChI is InChI=1S/C17H22N2O/c1-17(2)8-4-7-14(11-17)12-5-3-6-13(9-12)15-10-16(18)19-20-15/h3,5-6,9-10,14H,4,7-8,11H2,1-2H3,(H2,18,19). The first-order chi connectivity index (χ1) is 9.53. The van der Waals surface area contributed by atoms with Crippen LogP contribution in [0.15, 0.2) is 34.9 Å². The van der Waals surface area contributed by atoms with E-state index in [1.54, 1.807) is 6.07 Å². The van der Waals surface area contributed by atoms with E-state index >= 15 is 0 Å². The molecule has 2 N–H and O–H groups in total. The molecule has 0 aliphatic heterocycles. The van der Waals surface area contributed by atoms with Crippen molar-refractivity contribution < 1.29 is 4.52 Å². The van der Waals surface area contributed by atoms with Crippen molar-refractivity contribution in [2.75, 3.05) is 5.73 Å². The zero-order valence-electron chi connectivity index (χ0n) is 12.2. The predicted octanol–water partition coefficient (Wildman–Crippen LogP) is 4.61. The van der Waals surface area contributed by atoms with Crippen LogP contribution in [0.3, 0.4) is 0 Å². The largest absolute Gasteiger partial charge is 0.381 e. The highest BCUT2D eigenvalue weighted by molar-refractivity contribution is 5.61. The summed E-state index contributed by atoms with van der Waals surface area (Å²) in [4.78, 5) is 0. The molecule has 1 aliphatic rings. The number of nitrogens with two attached hydrogens (primary N) is 1. The Morgan fingerprint density at radius 2 is 2.15 bits per heavy atom. The highest BCUT2D eigenvalue weighted by atomic mass is 16.5. The molecular weight excluding hydrogens is 248 g/mol. The Kier molecular flexibility index (Phi) is 3.28. The molecule has 1 saturated carbocycles. The van der Waals surface area contributed by atoms with Crippen LogP contribution in [0.4, 0.5) is 5.82 Å². The van der Waals surface area contributed by atoms with Gasteiger partial charge in [-0.15, -0.1) is 0 Å². The molecule has 3 heteroatoms. The summed E-state index contributed by atoms with van der Waals surface area (Å²) in [6.07, 6.45) is 5.19. The summed E-state index contributed by atoms with van der Waals surface area (Å²) in [6, 6.07) is 10.4. The Balaban J connectivity index is 1.88. The summed E-state index contributed by atoms with van der Waals surface area (Å²) in [5.41, 5.74) is 8.55. The fourth-order valence-electron chi connectivity index (χ4n) is 3.35. The van der Waals surface area contributed by atoms with E-state index in [4.69, 9.17) is 10.3 Å². The lowest BCUT2D eigenvalue weighted by Crippen LogP contribution is -2.21. The number of hydrogen-bond donors (Lipinski definition) is 1. The number of nitrogens with zero attached hydrogens (tertiary/aromatic N) is 1. The molecule has 2 aromatic rings. The molecule has 3 nitrogen and oxygen atoms in total. The van der Waals surface area contributed by atoms with E-state index < -0.39 is 0 Å². The van der Waals surface area contributed by atoms with E-state index in [9.17, 15) is 0 Å². The molecule has 1 atom stereocenters. The van der Waals surface area contributed by atoms with Gasteiger partial charge in [0.1, 0.15) is 0 Å². The molecule has 3 rings (SSSR count). The normalized spacial score (nSPS) is 21.8. The second-order valence-electron chi connectivity index (χ2n) is 6.70. The molecule has 0 radical (unpaired) electrons. The van der Waals surface area contributed by atoms with Crippen LogP contribution < -0.4 is 5.73 Å². The topological polar surface area (TPSA) is 52.0 Å². The Morgan fingerprint density at radius 1 is 1.30 bits per heavy atom. The lowest BCUT2D eigenvalue weighted by molar-refractivity contribution is 0.219. The number of rotatable bonds is 2. The van der Waals surface area contributed by atoms with Gasteiger partial charge < -0.3 is 10.3 Å². The van der Waals surface area contributed by atoms with Gasteiger partial charge in [-0.2, -0.15) is 0 Å². The van der Waals surface area contributed by atoms with Crippen molar-refractivity contribution in [1.82, 2.24) is 5.16 Å². The molecule has 1 aliphatic carbocycles. The quantitative estimate of drug-likeness (QED) is 0.867. The van der Waals surface area contributed by atoms with Gasteiger partial charge in [0.2, 0.25) is 0 Å². The Labute approximate surface area is 120 Å². The highest BCUT2D eigenvalue weighted by Crippen LogP contribution is 2.43. The van der Waals surface area contributed by atoms with Crippen molar-refractivity contribution in [3.8, 4) is 11.3 Å². The van der Waals surface area contributed by atoms with Crippen LogP contribution in [0.2, 0.25) is 0 Å². The van der Waals surface area contributed by atoms with Gasteiger partial charge in [0, 0.05) is 11.6 Å². The minimum Gasteiger partial charge on any atom is -0.381 e. The second kappa shape index (κ2) is 4.97. The maximum absolute atomic E-state index is 5.63. The van der Waals surface area contributed by atoms with Crippen LogP contribution in [-0.4, -0.2) is 5.16 Å². The molecule has 0 spiro atoms. The molecule has 0 saturated heterocycles. The SMILES string of the molecule is CC1(C)CCCC(c2cccc(-c3cc(N)no3)c2)C1. The van der Waals surface area contributed by atoms with Gasteiger partial charge in [-0.1, -0.05) is 43.6 Å². The van der Waals surface area contributed by atoms with Gasteiger partial charge in [0.05, 0.1) is 0 Å². The minimum atomic E-state index is 0.434. The average molecular weight is 270 g/mol. The third kappa shape index (κ3) is 2.72. The summed E-state index contributed by atoms with van der Waals surface area (Å²) in [6.45, 7) is 4.75. The Bertz CT molecular complexity index is 601. The molecule has 0 amide bonds. The molecule has 1 heterocycles. The van der Waals surface area contributed by atoms with Crippen molar-refractivity contribution in [1.29, 1.82) is 0 Å². The molecule has 1 fully saturated rings. The minimum absolute atomic E-state index is 0.434. The number of hydrogen-bond acceptors (Lipinski definition) is 3. The molecule has 1 aromatic heterocycles. The van der Waals surface area contributed by atoms with Crippen LogP contribution >= 0.6 is 0 Å². The van der Waals surface area contributed by atoms with Crippen molar-refractivity contribution in [2.45, 2.75) is 45.4 Å². The van der Waals surface area contributed by atoms with Crippen molar-refractivity contribution in [3.63, 3.8) is 0 Å². The van der Waals surface area contributed by atoms with Crippen LogP contribution in [0, 0.1) is 5.41 Å². The maximum atomic E-state index is 5.63. The fourth-order valence-corrected chi connectivity index (χ4v) is 3.35. The van der Waals surface area contributed by atoms with Crippen molar-refractivity contribution in [3.05, 3.63) is 35.9 Å². The van der Waals surface area contributed by atoms with E-state index in [1.165, 1.54) is 31.2 Å². The number of aromatic nitrogens is 1. The van der Waals surface area contributed by atoms with Gasteiger partial charge >= 0.3 is 0 Å². The molecule has 20 heavy (non-hydrogen) atoms. The molecule has 1 aromatic carbocycles. The van der Waals surface area contributed by atoms with Crippen LogP contribution in [0.5, 0.6) is 0 Å². The van der Waals surface area contributed by atoms with E-state index in [1.807, 2.05) is 0 Å². The van der Waals surface area contributed by atoms with Gasteiger partial charge in [-0.3, -0.25) is 0 Å². The molecule has 106 valence electrons. The molecule has 0 bridgehead atoms. The van der Waals surface area contributed by atoms with Crippen LogP contribution in [0.25, 0.3) is 11.3 Å². The lowest BCUT2D eigenvalue weighted by Gasteiger charge is -2.35. The van der Waals surface area contributed by atoms with Gasteiger partial charge in [-0.05, 0) is 42.2 Å². The number of benzene rings is 1. The van der Waals surface area contributed by atoms with Gasteiger partial charge in [-0.25, -0.2) is 0 Å². The summed E-state index contributed by atoms with van der Waals surface area (Å²) in [5.74, 6) is 1.84. The van der Waals surface area contributed by atoms with E-state index in [0.29, 0.717) is 17.2 Å². The van der Waals surface area contributed by atoms with E-state index in [2.05, 4.69) is 43.3 Å². The van der Waals surface area contributed by atoms with E-state index in [0.717, 1.165) is 11.3 Å². The van der Waals surface area contributed by atoms with Crippen molar-refractivity contribution in [2.24, 2.45) is 5.41 Å². The maximum Gasteiger partial charge on any atom is 0.169 e. The predicted molar refractivity (Wildman–Crippen MR) is 81.3 cm³/mol. The Hall–Kier alpha value is -1.77. The number of anilines is 1. The lowest BCUT2D eigenvalue weighted by atomic mass is 9.70.